The smallest absolute Gasteiger partial charge is 0.326 e. The van der Waals surface area contributed by atoms with Crippen LogP contribution in [0.1, 0.15) is 26.7 Å². The van der Waals surface area contributed by atoms with Gasteiger partial charge in [-0.05, 0) is 12.3 Å². The Kier molecular flexibility index (Phi) is 2.93. The number of carboxylic acids is 1. The fourth-order valence-electron chi connectivity index (χ4n) is 1.63. The van der Waals surface area contributed by atoms with Gasteiger partial charge in [-0.3, -0.25) is 4.79 Å². The average Bonchev–Trinajstić information content (AvgIpc) is 2.33. The summed E-state index contributed by atoms with van der Waals surface area (Å²) in [5, 5.41) is 8.95. The number of nitrogens with two attached hydrogens (primary N) is 1. The molecule has 0 radical (unpaired) electrons. The Bertz CT molecular complexity index is 205. The predicted molar refractivity (Wildman–Crippen MR) is 48.4 cm³/mol. The molecule has 2 atom stereocenters. The summed E-state index contributed by atoms with van der Waals surface area (Å²) >= 11 is 0. The zero-order chi connectivity index (χ0) is 10.1. The van der Waals surface area contributed by atoms with E-state index in [1.165, 1.54) is 0 Å². The van der Waals surface area contributed by atoms with Gasteiger partial charge >= 0.3 is 5.97 Å². The number of carboxylic acid groups (broad SMARTS) is 1. The normalized spacial score (nSPS) is 34.0. The second kappa shape index (κ2) is 3.64. The Morgan fingerprint density at radius 3 is 2.85 bits per heavy atom. The highest BCUT2D eigenvalue weighted by Crippen LogP contribution is 2.28. The first-order valence-electron chi connectivity index (χ1n) is 4.60. The molecular formula is C9H17NO3. The number of ether oxygens (including phenoxy) is 1. The third-order valence-electron chi connectivity index (χ3n) is 2.49. The molecule has 1 aliphatic rings. The highest BCUT2D eigenvalue weighted by molar-refractivity contribution is 5.79. The van der Waals surface area contributed by atoms with Crippen molar-refractivity contribution >= 4 is 5.97 Å². The van der Waals surface area contributed by atoms with Gasteiger partial charge in [0, 0.05) is 13.0 Å². The molecule has 0 spiro atoms. The van der Waals surface area contributed by atoms with Gasteiger partial charge in [-0.25, -0.2) is 0 Å². The molecule has 1 saturated heterocycles. The van der Waals surface area contributed by atoms with Crippen LogP contribution in [0.4, 0.5) is 0 Å². The van der Waals surface area contributed by atoms with Gasteiger partial charge in [0.05, 0.1) is 6.10 Å². The second-order valence-electron chi connectivity index (χ2n) is 4.08. The third-order valence-corrected chi connectivity index (χ3v) is 2.49. The van der Waals surface area contributed by atoms with Gasteiger partial charge in [0.15, 0.2) is 0 Å². The number of carbonyl (C=O) groups is 1. The van der Waals surface area contributed by atoms with Gasteiger partial charge in [-0.1, -0.05) is 13.8 Å². The Hall–Kier alpha value is -0.610. The van der Waals surface area contributed by atoms with Crippen LogP contribution in [-0.2, 0) is 9.53 Å². The first kappa shape index (κ1) is 10.5. The molecule has 0 aliphatic carbocycles. The van der Waals surface area contributed by atoms with E-state index in [4.69, 9.17) is 15.6 Å². The third kappa shape index (κ3) is 2.00. The minimum Gasteiger partial charge on any atom is -0.480 e. The molecule has 1 fully saturated rings. The molecule has 0 aromatic heterocycles. The SMILES string of the molecule is CC(C)CC1OCCC1(N)C(=O)O. The van der Waals surface area contributed by atoms with Crippen molar-refractivity contribution in [3.05, 3.63) is 0 Å². The standard InChI is InChI=1S/C9H17NO3/c1-6(2)5-7-9(10,8(11)12)3-4-13-7/h6-7H,3-5,10H2,1-2H3,(H,11,12). The molecule has 0 aromatic carbocycles. The lowest BCUT2D eigenvalue weighted by Gasteiger charge is -2.26. The molecule has 13 heavy (non-hydrogen) atoms. The molecule has 76 valence electrons. The molecule has 0 aromatic rings. The fraction of sp³-hybridized carbons (Fsp3) is 0.889. The number of aliphatic carboxylic acids is 1. The molecule has 0 saturated carbocycles. The van der Waals surface area contributed by atoms with E-state index in [0.29, 0.717) is 25.4 Å². The lowest BCUT2D eigenvalue weighted by molar-refractivity contribution is -0.145. The molecule has 2 unspecified atom stereocenters. The Morgan fingerprint density at radius 1 is 1.77 bits per heavy atom. The van der Waals surface area contributed by atoms with Gasteiger partial charge in [0.1, 0.15) is 5.54 Å². The minimum atomic E-state index is -1.16. The quantitative estimate of drug-likeness (QED) is 0.678. The van der Waals surface area contributed by atoms with Crippen LogP contribution in [0.2, 0.25) is 0 Å². The van der Waals surface area contributed by atoms with Crippen molar-refractivity contribution < 1.29 is 14.6 Å². The van der Waals surface area contributed by atoms with Crippen molar-refractivity contribution in [2.75, 3.05) is 6.61 Å². The number of hydrogen-bond donors (Lipinski definition) is 2. The van der Waals surface area contributed by atoms with Crippen LogP contribution in [0.15, 0.2) is 0 Å². The summed E-state index contributed by atoms with van der Waals surface area (Å²) in [7, 11) is 0. The average molecular weight is 187 g/mol. The minimum absolute atomic E-state index is 0.329. The molecule has 4 heteroatoms. The van der Waals surface area contributed by atoms with Crippen LogP contribution in [0.25, 0.3) is 0 Å². The van der Waals surface area contributed by atoms with Crippen LogP contribution in [0.5, 0.6) is 0 Å². The molecule has 4 nitrogen and oxygen atoms in total. The highest BCUT2D eigenvalue weighted by Gasteiger charge is 2.47. The van der Waals surface area contributed by atoms with Crippen molar-refractivity contribution in [1.82, 2.24) is 0 Å². The summed E-state index contributed by atoms with van der Waals surface area (Å²) in [4.78, 5) is 10.9. The second-order valence-corrected chi connectivity index (χ2v) is 4.08. The van der Waals surface area contributed by atoms with Gasteiger partial charge in [0.2, 0.25) is 0 Å². The van der Waals surface area contributed by atoms with Crippen LogP contribution in [0.3, 0.4) is 0 Å². The van der Waals surface area contributed by atoms with Crippen molar-refractivity contribution in [3.63, 3.8) is 0 Å². The zero-order valence-electron chi connectivity index (χ0n) is 8.12. The Morgan fingerprint density at radius 2 is 2.38 bits per heavy atom. The number of rotatable bonds is 3. The summed E-state index contributed by atoms with van der Waals surface area (Å²) < 4.78 is 5.33. The molecule has 0 bridgehead atoms. The van der Waals surface area contributed by atoms with Crippen molar-refractivity contribution in [2.24, 2.45) is 11.7 Å². The first-order valence-corrected chi connectivity index (χ1v) is 4.60. The van der Waals surface area contributed by atoms with Crippen molar-refractivity contribution in [3.8, 4) is 0 Å². The zero-order valence-corrected chi connectivity index (χ0v) is 8.12. The van der Waals surface area contributed by atoms with Gasteiger partial charge in [-0.15, -0.1) is 0 Å². The molecule has 1 heterocycles. The van der Waals surface area contributed by atoms with E-state index >= 15 is 0 Å². The molecule has 0 amide bonds. The monoisotopic (exact) mass is 187 g/mol. The molecule has 3 N–H and O–H groups in total. The summed E-state index contributed by atoms with van der Waals surface area (Å²) in [5.74, 6) is -0.541. The van der Waals surface area contributed by atoms with E-state index in [9.17, 15) is 4.79 Å². The van der Waals surface area contributed by atoms with Crippen LogP contribution < -0.4 is 5.73 Å². The van der Waals surface area contributed by atoms with Gasteiger partial charge in [-0.2, -0.15) is 0 Å². The molecule has 1 rings (SSSR count). The first-order chi connectivity index (χ1) is 5.97. The Balaban J connectivity index is 2.68. The summed E-state index contributed by atoms with van der Waals surface area (Å²) in [6, 6.07) is 0. The van der Waals surface area contributed by atoms with E-state index in [0.717, 1.165) is 0 Å². The summed E-state index contributed by atoms with van der Waals surface area (Å²) in [6.45, 7) is 4.52. The summed E-state index contributed by atoms with van der Waals surface area (Å²) in [6.07, 6.45) is 0.799. The van der Waals surface area contributed by atoms with Gasteiger partial charge in [0.25, 0.3) is 0 Å². The maximum atomic E-state index is 10.9. The van der Waals surface area contributed by atoms with Crippen LogP contribution in [-0.4, -0.2) is 29.3 Å². The maximum Gasteiger partial charge on any atom is 0.326 e. The van der Waals surface area contributed by atoms with Crippen molar-refractivity contribution in [1.29, 1.82) is 0 Å². The fourth-order valence-corrected chi connectivity index (χ4v) is 1.63. The van der Waals surface area contributed by atoms with E-state index in [1.54, 1.807) is 0 Å². The molecular weight excluding hydrogens is 170 g/mol. The van der Waals surface area contributed by atoms with Crippen molar-refractivity contribution in [2.45, 2.75) is 38.3 Å². The largest absolute Gasteiger partial charge is 0.480 e. The van der Waals surface area contributed by atoms with Gasteiger partial charge < -0.3 is 15.6 Å². The maximum absolute atomic E-state index is 10.9. The predicted octanol–water partition coefficient (Wildman–Crippen LogP) is 0.603. The van der Waals surface area contributed by atoms with Crippen LogP contribution >= 0.6 is 0 Å². The lowest BCUT2D eigenvalue weighted by atomic mass is 9.87. The number of hydrogen-bond acceptors (Lipinski definition) is 3. The van der Waals surface area contributed by atoms with E-state index in [-0.39, 0.29) is 6.10 Å². The van der Waals surface area contributed by atoms with E-state index in [1.807, 2.05) is 13.8 Å². The van der Waals surface area contributed by atoms with Crippen LogP contribution in [0, 0.1) is 5.92 Å². The topological polar surface area (TPSA) is 72.5 Å². The highest BCUT2D eigenvalue weighted by atomic mass is 16.5. The van der Waals surface area contributed by atoms with E-state index < -0.39 is 11.5 Å². The lowest BCUT2D eigenvalue weighted by Crippen LogP contribution is -2.54. The Labute approximate surface area is 78.1 Å². The molecule has 1 aliphatic heterocycles. The van der Waals surface area contributed by atoms with E-state index in [2.05, 4.69) is 0 Å². The summed E-state index contributed by atoms with van der Waals surface area (Å²) in [5.41, 5.74) is 4.61.